The highest BCUT2D eigenvalue weighted by molar-refractivity contribution is 4.47. The number of hydrogen-bond donors (Lipinski definition) is 2. The third kappa shape index (κ3) is 7.92. The summed E-state index contributed by atoms with van der Waals surface area (Å²) in [5.41, 5.74) is 5.31. The maximum absolute atomic E-state index is 5.31. The van der Waals surface area contributed by atoms with E-state index in [9.17, 15) is 0 Å². The van der Waals surface area contributed by atoms with Crippen molar-refractivity contribution in [1.29, 1.82) is 0 Å². The normalized spacial score (nSPS) is 10.2. The highest BCUT2D eigenvalue weighted by Gasteiger charge is 1.85. The molecule has 0 fully saturated rings. The minimum absolute atomic E-state index is 0.758. The van der Waals surface area contributed by atoms with Gasteiger partial charge in [0.1, 0.15) is 0 Å². The van der Waals surface area contributed by atoms with Gasteiger partial charge in [0.2, 0.25) is 0 Å². The molecule has 62 valence electrons. The summed E-state index contributed by atoms with van der Waals surface area (Å²) in [6.45, 7) is 5.09. The summed E-state index contributed by atoms with van der Waals surface area (Å²) in [5.74, 6) is 0. The second-order valence-electron chi connectivity index (χ2n) is 2.60. The fourth-order valence-electron chi connectivity index (χ4n) is 0.904. The van der Waals surface area contributed by atoms with Crippen molar-refractivity contribution in [1.82, 2.24) is 5.32 Å². The van der Waals surface area contributed by atoms with Crippen molar-refractivity contribution >= 4 is 0 Å². The van der Waals surface area contributed by atoms with Crippen molar-refractivity contribution in [2.24, 2.45) is 5.73 Å². The molecule has 0 radical (unpaired) electrons. The van der Waals surface area contributed by atoms with Crippen LogP contribution in [0.3, 0.4) is 0 Å². The number of unbranched alkanes of at least 4 members (excludes halogenated alkanes) is 3. The molecular formula is C8H20N2. The Kier molecular flexibility index (Phi) is 8.85. The molecule has 2 heteroatoms. The average molecular weight is 144 g/mol. The Morgan fingerprint density at radius 1 is 1.10 bits per heavy atom. The zero-order valence-electron chi connectivity index (χ0n) is 7.03. The molecule has 3 N–H and O–H groups in total. The van der Waals surface area contributed by atoms with Crippen molar-refractivity contribution in [2.75, 3.05) is 19.6 Å². The topological polar surface area (TPSA) is 38.0 Å². The Balaban J connectivity index is 2.65. The van der Waals surface area contributed by atoms with E-state index < -0.39 is 0 Å². The first-order valence-electron chi connectivity index (χ1n) is 4.32. The Hall–Kier alpha value is -0.0800. The smallest absolute Gasteiger partial charge is 0.00745 e. The lowest BCUT2D eigenvalue weighted by Gasteiger charge is -2.00. The second kappa shape index (κ2) is 8.92. The van der Waals surface area contributed by atoms with E-state index in [-0.39, 0.29) is 0 Å². The molecule has 0 bridgehead atoms. The Morgan fingerprint density at radius 3 is 2.50 bits per heavy atom. The molecule has 0 saturated carbocycles. The van der Waals surface area contributed by atoms with Crippen molar-refractivity contribution in [3.63, 3.8) is 0 Å². The molecule has 0 aromatic rings. The van der Waals surface area contributed by atoms with E-state index in [4.69, 9.17) is 5.73 Å². The second-order valence-corrected chi connectivity index (χ2v) is 2.60. The standard InChI is InChI=1S/C8H20N2/c1-2-3-4-5-7-10-8-6-9/h10H,2-9H2,1H3. The highest BCUT2D eigenvalue weighted by Crippen LogP contribution is 1.96. The molecule has 0 aliphatic carbocycles. The molecular weight excluding hydrogens is 124 g/mol. The molecule has 0 atom stereocenters. The molecule has 0 saturated heterocycles. The van der Waals surface area contributed by atoms with Gasteiger partial charge in [-0.3, -0.25) is 0 Å². The predicted molar refractivity (Wildman–Crippen MR) is 46.1 cm³/mol. The largest absolute Gasteiger partial charge is 0.329 e. The first-order valence-corrected chi connectivity index (χ1v) is 4.32. The van der Waals surface area contributed by atoms with E-state index in [1.807, 2.05) is 0 Å². The molecule has 0 rings (SSSR count). The minimum atomic E-state index is 0.758. The summed E-state index contributed by atoms with van der Waals surface area (Å²) in [7, 11) is 0. The zero-order chi connectivity index (χ0) is 7.66. The summed E-state index contributed by atoms with van der Waals surface area (Å²) in [4.78, 5) is 0. The van der Waals surface area contributed by atoms with Crippen molar-refractivity contribution in [2.45, 2.75) is 32.6 Å². The summed E-state index contributed by atoms with van der Waals surface area (Å²) in [6.07, 6.45) is 5.34. The molecule has 0 unspecified atom stereocenters. The Bertz CT molecular complexity index is 47.2. The number of hydrogen-bond acceptors (Lipinski definition) is 2. The van der Waals surface area contributed by atoms with Gasteiger partial charge in [-0.25, -0.2) is 0 Å². The Labute approximate surface area is 64.2 Å². The van der Waals surface area contributed by atoms with Crippen molar-refractivity contribution in [3.8, 4) is 0 Å². The van der Waals surface area contributed by atoms with Crippen LogP contribution in [0.15, 0.2) is 0 Å². The van der Waals surface area contributed by atoms with Crippen LogP contribution in [0.5, 0.6) is 0 Å². The van der Waals surface area contributed by atoms with E-state index in [1.165, 1.54) is 25.7 Å². The maximum Gasteiger partial charge on any atom is 0.00745 e. The molecule has 0 heterocycles. The SMILES string of the molecule is CCCCCCNCCN. The van der Waals surface area contributed by atoms with Crippen LogP contribution in [-0.4, -0.2) is 19.6 Å². The van der Waals surface area contributed by atoms with Gasteiger partial charge in [-0.05, 0) is 13.0 Å². The third-order valence-corrected chi connectivity index (χ3v) is 1.53. The van der Waals surface area contributed by atoms with Crippen LogP contribution < -0.4 is 11.1 Å². The monoisotopic (exact) mass is 144 g/mol. The lowest BCUT2D eigenvalue weighted by molar-refractivity contribution is 0.602. The fourth-order valence-corrected chi connectivity index (χ4v) is 0.904. The van der Waals surface area contributed by atoms with Gasteiger partial charge in [0.15, 0.2) is 0 Å². The molecule has 0 aliphatic heterocycles. The molecule has 0 amide bonds. The minimum Gasteiger partial charge on any atom is -0.329 e. The number of nitrogens with two attached hydrogens (primary N) is 1. The molecule has 10 heavy (non-hydrogen) atoms. The first-order chi connectivity index (χ1) is 4.91. The van der Waals surface area contributed by atoms with E-state index in [0.29, 0.717) is 0 Å². The molecule has 0 aromatic carbocycles. The van der Waals surface area contributed by atoms with Crippen LogP contribution >= 0.6 is 0 Å². The van der Waals surface area contributed by atoms with E-state index in [1.54, 1.807) is 0 Å². The van der Waals surface area contributed by atoms with Crippen LogP contribution in [0.25, 0.3) is 0 Å². The van der Waals surface area contributed by atoms with Gasteiger partial charge in [0, 0.05) is 13.1 Å². The van der Waals surface area contributed by atoms with Gasteiger partial charge in [0.05, 0.1) is 0 Å². The Morgan fingerprint density at radius 2 is 1.90 bits per heavy atom. The van der Waals surface area contributed by atoms with E-state index in [2.05, 4.69) is 12.2 Å². The van der Waals surface area contributed by atoms with Gasteiger partial charge in [-0.2, -0.15) is 0 Å². The lowest BCUT2D eigenvalue weighted by Crippen LogP contribution is -2.23. The van der Waals surface area contributed by atoms with Crippen molar-refractivity contribution < 1.29 is 0 Å². The third-order valence-electron chi connectivity index (χ3n) is 1.53. The maximum atomic E-state index is 5.31. The first kappa shape index (κ1) is 9.92. The van der Waals surface area contributed by atoms with E-state index in [0.717, 1.165) is 19.6 Å². The van der Waals surface area contributed by atoms with Crippen molar-refractivity contribution in [3.05, 3.63) is 0 Å². The van der Waals surface area contributed by atoms with Gasteiger partial charge < -0.3 is 11.1 Å². The van der Waals surface area contributed by atoms with Crippen LogP contribution in [0.4, 0.5) is 0 Å². The van der Waals surface area contributed by atoms with Gasteiger partial charge in [-0.15, -0.1) is 0 Å². The summed E-state index contributed by atoms with van der Waals surface area (Å²) >= 11 is 0. The molecule has 2 nitrogen and oxygen atoms in total. The quantitative estimate of drug-likeness (QED) is 0.525. The van der Waals surface area contributed by atoms with Crippen LogP contribution in [-0.2, 0) is 0 Å². The van der Waals surface area contributed by atoms with Gasteiger partial charge in [0.25, 0.3) is 0 Å². The summed E-state index contributed by atoms with van der Waals surface area (Å²) in [6, 6.07) is 0. The molecule has 0 aromatic heterocycles. The fraction of sp³-hybridized carbons (Fsp3) is 1.00. The summed E-state index contributed by atoms with van der Waals surface area (Å²) in [5, 5.41) is 3.27. The van der Waals surface area contributed by atoms with Gasteiger partial charge >= 0.3 is 0 Å². The van der Waals surface area contributed by atoms with E-state index >= 15 is 0 Å². The van der Waals surface area contributed by atoms with Crippen LogP contribution in [0.2, 0.25) is 0 Å². The summed E-state index contributed by atoms with van der Waals surface area (Å²) < 4.78 is 0. The molecule has 0 spiro atoms. The average Bonchev–Trinajstić information content (AvgIpc) is 1.97. The predicted octanol–water partition coefficient (Wildman–Crippen LogP) is 1.11. The number of nitrogens with one attached hydrogen (secondary N) is 1. The van der Waals surface area contributed by atoms with Gasteiger partial charge in [-0.1, -0.05) is 26.2 Å². The van der Waals surface area contributed by atoms with Crippen LogP contribution in [0, 0.1) is 0 Å². The van der Waals surface area contributed by atoms with Crippen LogP contribution in [0.1, 0.15) is 32.6 Å². The number of rotatable bonds is 7. The zero-order valence-corrected chi connectivity index (χ0v) is 7.03. The lowest BCUT2D eigenvalue weighted by atomic mass is 10.2. The molecule has 0 aliphatic rings. The highest BCUT2D eigenvalue weighted by atomic mass is 14.9.